The maximum atomic E-state index is 13.5. The van der Waals surface area contributed by atoms with Gasteiger partial charge in [-0.25, -0.2) is 4.39 Å². The average Bonchev–Trinajstić information content (AvgIpc) is 3.27. The molecule has 1 saturated carbocycles. The van der Waals surface area contributed by atoms with Crippen LogP contribution in [0.5, 0.6) is 0 Å². The Kier molecular flexibility index (Phi) is 4.00. The molecule has 0 aromatic heterocycles. The average molecular weight is 332 g/mol. The molecule has 0 bridgehead atoms. The summed E-state index contributed by atoms with van der Waals surface area (Å²) in [5.41, 5.74) is 1.14. The Hall–Kier alpha value is -1.95. The van der Waals surface area contributed by atoms with E-state index in [0.717, 1.165) is 25.9 Å². The van der Waals surface area contributed by atoms with E-state index in [1.807, 2.05) is 4.90 Å². The molecule has 0 unspecified atom stereocenters. The van der Waals surface area contributed by atoms with Gasteiger partial charge < -0.3 is 15.0 Å². The van der Waals surface area contributed by atoms with Crippen LogP contribution in [0.1, 0.15) is 37.2 Å². The molecule has 2 amide bonds. The van der Waals surface area contributed by atoms with Crippen LogP contribution >= 0.6 is 0 Å². The number of nitrogens with one attached hydrogen (secondary N) is 1. The van der Waals surface area contributed by atoms with Crippen LogP contribution in [0.4, 0.5) is 10.1 Å². The fourth-order valence-corrected chi connectivity index (χ4v) is 3.67. The number of amides is 2. The predicted molar refractivity (Wildman–Crippen MR) is 86.0 cm³/mol. The smallest absolute Gasteiger partial charge is 0.230 e. The molecule has 1 aliphatic carbocycles. The zero-order chi connectivity index (χ0) is 16.7. The van der Waals surface area contributed by atoms with Gasteiger partial charge in [-0.3, -0.25) is 9.59 Å². The monoisotopic (exact) mass is 332 g/mol. The van der Waals surface area contributed by atoms with E-state index < -0.39 is 11.7 Å². The zero-order valence-electron chi connectivity index (χ0n) is 13.5. The van der Waals surface area contributed by atoms with E-state index in [2.05, 4.69) is 5.32 Å². The largest absolute Gasteiger partial charge is 0.381 e. The van der Waals surface area contributed by atoms with Gasteiger partial charge in [0.15, 0.2) is 0 Å². The summed E-state index contributed by atoms with van der Waals surface area (Å²) < 4.78 is 18.9. The Morgan fingerprint density at radius 3 is 2.88 bits per heavy atom. The molecule has 2 heterocycles. The van der Waals surface area contributed by atoms with Gasteiger partial charge in [0.25, 0.3) is 0 Å². The molecule has 1 aromatic rings. The molecule has 2 aliphatic heterocycles. The van der Waals surface area contributed by atoms with E-state index in [-0.39, 0.29) is 24.3 Å². The molecule has 1 aromatic carbocycles. The van der Waals surface area contributed by atoms with Gasteiger partial charge in [-0.2, -0.15) is 0 Å². The van der Waals surface area contributed by atoms with Crippen molar-refractivity contribution in [3.8, 4) is 0 Å². The van der Waals surface area contributed by atoms with E-state index in [4.69, 9.17) is 4.74 Å². The van der Waals surface area contributed by atoms with Crippen LogP contribution in [-0.4, -0.2) is 42.5 Å². The molecule has 5 nitrogen and oxygen atoms in total. The maximum Gasteiger partial charge on any atom is 0.230 e. The third-order valence-electron chi connectivity index (χ3n) is 5.10. The van der Waals surface area contributed by atoms with E-state index in [1.165, 1.54) is 12.1 Å². The quantitative estimate of drug-likeness (QED) is 0.920. The second-order valence-electron chi connectivity index (χ2n) is 6.99. The van der Waals surface area contributed by atoms with Crippen LogP contribution < -0.4 is 5.32 Å². The number of nitrogens with zero attached hydrogens (tertiary/aromatic N) is 1. The van der Waals surface area contributed by atoms with Gasteiger partial charge in [-0.15, -0.1) is 0 Å². The molecule has 6 heteroatoms. The van der Waals surface area contributed by atoms with E-state index in [1.54, 1.807) is 6.07 Å². The van der Waals surface area contributed by atoms with Crippen LogP contribution in [-0.2, 0) is 14.3 Å². The Bertz CT molecular complexity index is 668. The van der Waals surface area contributed by atoms with Crippen molar-refractivity contribution in [3.63, 3.8) is 0 Å². The lowest BCUT2D eigenvalue weighted by Crippen LogP contribution is -2.42. The molecule has 1 N–H and O–H groups in total. The molecule has 4 rings (SSSR count). The minimum atomic E-state index is -0.516. The third kappa shape index (κ3) is 3.02. The standard InChI is InChI=1S/C18H21FN2O3/c19-12-1-4-14-15(8-17(22)20-16(14)7-12)18(23)21(13-2-3-13)9-11-5-6-24-10-11/h1,4,7,11,13,15H,2-3,5-6,8-10H2,(H,20,22)/t11-,15+/m0/s1. The number of fused-ring (bicyclic) bond motifs is 1. The van der Waals surface area contributed by atoms with E-state index >= 15 is 0 Å². The Morgan fingerprint density at radius 2 is 2.17 bits per heavy atom. The number of rotatable bonds is 4. The highest BCUT2D eigenvalue weighted by Crippen LogP contribution is 2.37. The van der Waals surface area contributed by atoms with Crippen molar-refractivity contribution >= 4 is 17.5 Å². The summed E-state index contributed by atoms with van der Waals surface area (Å²) in [6.07, 6.45) is 3.15. The molecule has 1 saturated heterocycles. The summed E-state index contributed by atoms with van der Waals surface area (Å²) in [5, 5.41) is 2.67. The highest BCUT2D eigenvalue weighted by atomic mass is 19.1. The minimum absolute atomic E-state index is 0.00731. The Balaban J connectivity index is 1.59. The van der Waals surface area contributed by atoms with Crippen molar-refractivity contribution in [2.24, 2.45) is 5.92 Å². The summed E-state index contributed by atoms with van der Waals surface area (Å²) in [6.45, 7) is 2.15. The number of carbonyl (C=O) groups is 2. The van der Waals surface area contributed by atoms with Crippen LogP contribution in [0.15, 0.2) is 18.2 Å². The van der Waals surface area contributed by atoms with Crippen LogP contribution in [0.25, 0.3) is 0 Å². The van der Waals surface area contributed by atoms with Crippen molar-refractivity contribution < 1.29 is 18.7 Å². The molecule has 128 valence electrons. The Morgan fingerprint density at radius 1 is 1.33 bits per heavy atom. The SMILES string of the molecule is O=C1C[C@@H](C(=O)N(C[C@@H]2CCOC2)C2CC2)c2ccc(F)cc2N1. The maximum absolute atomic E-state index is 13.5. The number of benzene rings is 1. The van der Waals surface area contributed by atoms with Crippen LogP contribution in [0, 0.1) is 11.7 Å². The number of hydrogen-bond acceptors (Lipinski definition) is 3. The second kappa shape index (κ2) is 6.16. The molecule has 3 aliphatic rings. The number of ether oxygens (including phenoxy) is 1. The lowest BCUT2D eigenvalue weighted by atomic mass is 9.89. The van der Waals surface area contributed by atoms with Crippen molar-refractivity contribution in [1.82, 2.24) is 4.90 Å². The fourth-order valence-electron chi connectivity index (χ4n) is 3.67. The molecular weight excluding hydrogens is 311 g/mol. The summed E-state index contributed by atoms with van der Waals surface area (Å²) in [5.74, 6) is -0.792. The van der Waals surface area contributed by atoms with Gasteiger partial charge in [0.05, 0.1) is 12.5 Å². The van der Waals surface area contributed by atoms with Crippen molar-refractivity contribution in [3.05, 3.63) is 29.6 Å². The fraction of sp³-hybridized carbons (Fsp3) is 0.556. The van der Waals surface area contributed by atoms with E-state index in [9.17, 15) is 14.0 Å². The first-order valence-corrected chi connectivity index (χ1v) is 8.59. The lowest BCUT2D eigenvalue weighted by molar-refractivity contribution is -0.136. The molecule has 2 fully saturated rings. The summed E-state index contributed by atoms with van der Waals surface area (Å²) >= 11 is 0. The lowest BCUT2D eigenvalue weighted by Gasteiger charge is -2.32. The van der Waals surface area contributed by atoms with Gasteiger partial charge in [0.1, 0.15) is 5.82 Å². The predicted octanol–water partition coefficient (Wildman–Crippen LogP) is 2.28. The third-order valence-corrected chi connectivity index (χ3v) is 5.10. The first-order valence-electron chi connectivity index (χ1n) is 8.59. The molecule has 0 radical (unpaired) electrons. The minimum Gasteiger partial charge on any atom is -0.381 e. The van der Waals surface area contributed by atoms with Crippen LogP contribution in [0.3, 0.4) is 0 Å². The number of anilines is 1. The topological polar surface area (TPSA) is 58.6 Å². The summed E-state index contributed by atoms with van der Waals surface area (Å²) in [4.78, 5) is 27.1. The normalized spacial score (nSPS) is 26.0. The summed E-state index contributed by atoms with van der Waals surface area (Å²) in [7, 11) is 0. The molecule has 0 spiro atoms. The Labute approximate surface area is 140 Å². The highest BCUT2D eigenvalue weighted by molar-refractivity contribution is 6.01. The van der Waals surface area contributed by atoms with Gasteiger partial charge >= 0.3 is 0 Å². The number of carbonyl (C=O) groups excluding carboxylic acids is 2. The number of hydrogen-bond donors (Lipinski definition) is 1. The zero-order valence-corrected chi connectivity index (χ0v) is 13.5. The first-order chi connectivity index (χ1) is 11.6. The number of halogens is 1. The van der Waals surface area contributed by atoms with Crippen LogP contribution in [0.2, 0.25) is 0 Å². The highest BCUT2D eigenvalue weighted by Gasteiger charge is 2.40. The van der Waals surface area contributed by atoms with E-state index in [0.29, 0.717) is 30.3 Å². The van der Waals surface area contributed by atoms with Crippen molar-refractivity contribution in [2.45, 2.75) is 37.6 Å². The molecule has 2 atom stereocenters. The molecule has 24 heavy (non-hydrogen) atoms. The molecular formula is C18H21FN2O3. The van der Waals surface area contributed by atoms with Crippen molar-refractivity contribution in [1.29, 1.82) is 0 Å². The van der Waals surface area contributed by atoms with Crippen molar-refractivity contribution in [2.75, 3.05) is 25.1 Å². The van der Waals surface area contributed by atoms with Gasteiger partial charge in [0, 0.05) is 37.2 Å². The summed E-state index contributed by atoms with van der Waals surface area (Å²) in [6, 6.07) is 4.55. The van der Waals surface area contributed by atoms with Gasteiger partial charge in [0.2, 0.25) is 11.8 Å². The first kappa shape index (κ1) is 15.6. The van der Waals surface area contributed by atoms with Gasteiger partial charge in [-0.05, 0) is 37.0 Å². The second-order valence-corrected chi connectivity index (χ2v) is 6.99. The van der Waals surface area contributed by atoms with Gasteiger partial charge in [-0.1, -0.05) is 6.07 Å².